The SMILES string of the molecule is CCC(Cl)C(=O)Nc1c(Cl)cc2c(c1O)C(O)=C1C(=O)C3(O)C(O)=C(C(N)=O)C(=O)[C@@H](N(C)C)C3CC1C2. The molecule has 38 heavy (non-hydrogen) atoms. The maximum absolute atomic E-state index is 13.8. The van der Waals surface area contributed by atoms with E-state index in [0.717, 1.165) is 0 Å². The third-order valence-corrected chi connectivity index (χ3v) is 8.36. The number of alkyl halides is 1. The van der Waals surface area contributed by atoms with Gasteiger partial charge in [-0.15, -0.1) is 11.6 Å². The Labute approximate surface area is 227 Å². The third-order valence-electron chi connectivity index (χ3n) is 7.55. The lowest BCUT2D eigenvalue weighted by atomic mass is 9.57. The molecule has 0 aliphatic heterocycles. The van der Waals surface area contributed by atoms with Crippen molar-refractivity contribution in [2.24, 2.45) is 17.6 Å². The Bertz CT molecular complexity index is 1350. The summed E-state index contributed by atoms with van der Waals surface area (Å²) in [5, 5.41) is 46.2. The number of primary amides is 1. The summed E-state index contributed by atoms with van der Waals surface area (Å²) in [5.41, 5.74) is 1.31. The number of anilines is 1. The molecule has 0 saturated heterocycles. The van der Waals surface area contributed by atoms with Crippen LogP contribution in [0.2, 0.25) is 5.02 Å². The summed E-state index contributed by atoms with van der Waals surface area (Å²) in [6, 6.07) is 0.252. The molecule has 1 aromatic carbocycles. The molecule has 204 valence electrons. The second kappa shape index (κ2) is 9.57. The van der Waals surface area contributed by atoms with Crippen molar-refractivity contribution in [3.8, 4) is 5.75 Å². The van der Waals surface area contributed by atoms with Gasteiger partial charge in [-0.3, -0.25) is 24.1 Å². The van der Waals surface area contributed by atoms with E-state index in [9.17, 15) is 39.6 Å². The number of ketones is 2. The lowest BCUT2D eigenvalue weighted by molar-refractivity contribution is -0.153. The van der Waals surface area contributed by atoms with Crippen molar-refractivity contribution in [2.45, 2.75) is 43.2 Å². The highest BCUT2D eigenvalue weighted by atomic mass is 35.5. The van der Waals surface area contributed by atoms with Gasteiger partial charge in [-0.25, -0.2) is 0 Å². The van der Waals surface area contributed by atoms with Gasteiger partial charge >= 0.3 is 0 Å². The molecule has 0 heterocycles. The van der Waals surface area contributed by atoms with Gasteiger partial charge < -0.3 is 31.5 Å². The van der Waals surface area contributed by atoms with Crippen LogP contribution in [0.3, 0.4) is 0 Å². The van der Waals surface area contributed by atoms with Crippen LogP contribution in [-0.4, -0.2) is 79.8 Å². The smallest absolute Gasteiger partial charge is 0.255 e. The number of halogens is 2. The number of aromatic hydroxyl groups is 1. The minimum Gasteiger partial charge on any atom is -0.508 e. The van der Waals surface area contributed by atoms with Crippen molar-refractivity contribution >= 4 is 58.0 Å². The second-order valence-electron chi connectivity index (χ2n) is 9.94. The van der Waals surface area contributed by atoms with Gasteiger partial charge in [-0.05, 0) is 50.9 Å². The van der Waals surface area contributed by atoms with E-state index in [2.05, 4.69) is 5.32 Å². The number of hydrogen-bond donors (Lipinski definition) is 6. The first-order chi connectivity index (χ1) is 17.7. The molecular weight excluding hydrogens is 541 g/mol. The number of carbonyl (C=O) groups excluding carboxylic acids is 4. The quantitative estimate of drug-likeness (QED) is 0.174. The van der Waals surface area contributed by atoms with Crippen molar-refractivity contribution in [1.82, 2.24) is 4.90 Å². The van der Waals surface area contributed by atoms with Crippen LogP contribution in [0.15, 0.2) is 23.0 Å². The standard InChI is InChI=1S/C25H27Cl2N3O8/c1-4-11(26)24(37)29-16-12(27)7-9-5-8-6-10-17(30(2)3)20(33)15(23(28)36)22(35)25(10,38)21(34)14(8)18(31)13(9)19(16)32/h7-8,10-11,17,31-32,35,38H,4-6H2,1-3H3,(H2,28,36)(H,29,37)/t8?,10?,11?,17-,25?/m0/s1. The molecule has 0 spiro atoms. The lowest BCUT2D eigenvalue weighted by Gasteiger charge is -2.50. The fourth-order valence-corrected chi connectivity index (χ4v) is 6.09. The summed E-state index contributed by atoms with van der Waals surface area (Å²) in [4.78, 5) is 52.7. The summed E-state index contributed by atoms with van der Waals surface area (Å²) in [5.74, 6) is -8.32. The maximum Gasteiger partial charge on any atom is 0.255 e. The first-order valence-corrected chi connectivity index (χ1v) is 12.6. The normalized spacial score (nSPS) is 27.6. The van der Waals surface area contributed by atoms with Gasteiger partial charge in [0.25, 0.3) is 5.91 Å². The van der Waals surface area contributed by atoms with E-state index in [4.69, 9.17) is 28.9 Å². The van der Waals surface area contributed by atoms with Crippen LogP contribution >= 0.6 is 23.2 Å². The minimum absolute atomic E-state index is 0.0323. The largest absolute Gasteiger partial charge is 0.508 e. The van der Waals surface area contributed by atoms with Crippen molar-refractivity contribution in [3.05, 3.63) is 39.1 Å². The molecule has 7 N–H and O–H groups in total. The maximum atomic E-state index is 13.8. The molecule has 0 radical (unpaired) electrons. The Balaban J connectivity index is 1.91. The average Bonchev–Trinajstić information content (AvgIpc) is 2.82. The molecule has 4 rings (SSSR count). The number of phenolic OH excluding ortho intramolecular Hbond substituents is 1. The number of benzene rings is 1. The fraction of sp³-hybridized carbons (Fsp3) is 0.440. The number of rotatable bonds is 5. The van der Waals surface area contributed by atoms with Crippen molar-refractivity contribution in [3.63, 3.8) is 0 Å². The molecule has 0 aromatic heterocycles. The number of likely N-dealkylation sites (N-methyl/N-ethyl adjacent to an activating group) is 1. The summed E-state index contributed by atoms with van der Waals surface area (Å²) >= 11 is 12.3. The number of aliphatic hydroxyl groups is 3. The molecule has 3 aliphatic rings. The molecule has 2 amide bonds. The highest BCUT2D eigenvalue weighted by Gasteiger charge is 2.64. The van der Waals surface area contributed by atoms with E-state index < -0.39 is 75.1 Å². The Kier molecular flexibility index (Phi) is 7.02. The molecule has 1 saturated carbocycles. The fourth-order valence-electron chi connectivity index (χ4n) is 5.77. The van der Waals surface area contributed by atoms with E-state index >= 15 is 0 Å². The third kappa shape index (κ3) is 3.87. The van der Waals surface area contributed by atoms with Gasteiger partial charge in [0.1, 0.15) is 28.2 Å². The first-order valence-electron chi connectivity index (χ1n) is 11.8. The second-order valence-corrected chi connectivity index (χ2v) is 10.9. The Morgan fingerprint density at radius 2 is 1.89 bits per heavy atom. The van der Waals surface area contributed by atoms with E-state index in [-0.39, 0.29) is 34.7 Å². The molecule has 3 aliphatic carbocycles. The van der Waals surface area contributed by atoms with Crippen LogP contribution in [0.5, 0.6) is 5.75 Å². The van der Waals surface area contributed by atoms with Gasteiger partial charge in [-0.2, -0.15) is 0 Å². The van der Waals surface area contributed by atoms with Crippen LogP contribution in [-0.2, 0) is 25.6 Å². The molecule has 5 atom stereocenters. The summed E-state index contributed by atoms with van der Waals surface area (Å²) in [7, 11) is 3.04. The van der Waals surface area contributed by atoms with Gasteiger partial charge in [0.2, 0.25) is 11.7 Å². The van der Waals surface area contributed by atoms with E-state index in [0.29, 0.717) is 12.0 Å². The molecule has 0 bridgehead atoms. The molecule has 13 heteroatoms. The average molecular weight is 568 g/mol. The molecule has 1 fully saturated rings. The number of hydrogen-bond acceptors (Lipinski definition) is 9. The number of Topliss-reactive ketones (excluding diaryl/α,β-unsaturated/α-hetero) is 2. The predicted octanol–water partition coefficient (Wildman–Crippen LogP) is 1.57. The summed E-state index contributed by atoms with van der Waals surface area (Å²) in [6.07, 6.45) is 0.318. The van der Waals surface area contributed by atoms with Crippen LogP contribution in [0.1, 0.15) is 30.9 Å². The van der Waals surface area contributed by atoms with Crippen LogP contribution < -0.4 is 11.1 Å². The number of carbonyl (C=O) groups is 4. The number of amides is 2. The topological polar surface area (TPSA) is 190 Å². The van der Waals surface area contributed by atoms with Crippen molar-refractivity contribution in [2.75, 3.05) is 19.4 Å². The molecular formula is C25H27Cl2N3O8. The zero-order valence-corrected chi connectivity index (χ0v) is 22.2. The van der Waals surface area contributed by atoms with Gasteiger partial charge in [0, 0.05) is 11.5 Å². The van der Waals surface area contributed by atoms with Crippen molar-refractivity contribution in [1.29, 1.82) is 0 Å². The molecule has 4 unspecified atom stereocenters. The monoisotopic (exact) mass is 567 g/mol. The van der Waals surface area contributed by atoms with Crippen LogP contribution in [0.25, 0.3) is 5.76 Å². The first kappa shape index (κ1) is 27.9. The van der Waals surface area contributed by atoms with Crippen LogP contribution in [0, 0.1) is 11.8 Å². The number of fused-ring (bicyclic) bond motifs is 3. The molecule has 1 aromatic rings. The summed E-state index contributed by atoms with van der Waals surface area (Å²) in [6.45, 7) is 1.68. The zero-order chi connectivity index (χ0) is 28.4. The Hall–Kier alpha value is -3.12. The zero-order valence-electron chi connectivity index (χ0n) is 20.7. The Morgan fingerprint density at radius 1 is 1.26 bits per heavy atom. The van der Waals surface area contributed by atoms with E-state index in [1.54, 1.807) is 6.92 Å². The van der Waals surface area contributed by atoms with Gasteiger partial charge in [0.15, 0.2) is 17.1 Å². The highest BCUT2D eigenvalue weighted by Crippen LogP contribution is 2.54. The van der Waals surface area contributed by atoms with Gasteiger partial charge in [-0.1, -0.05) is 18.5 Å². The van der Waals surface area contributed by atoms with Crippen LogP contribution in [0.4, 0.5) is 5.69 Å². The number of nitrogens with zero attached hydrogens (tertiary/aromatic N) is 1. The number of aliphatic hydroxyl groups excluding tert-OH is 2. The predicted molar refractivity (Wildman–Crippen MR) is 138 cm³/mol. The Morgan fingerprint density at radius 3 is 2.45 bits per heavy atom. The number of nitrogens with two attached hydrogens (primary N) is 1. The van der Waals surface area contributed by atoms with E-state index in [1.165, 1.54) is 25.1 Å². The highest BCUT2D eigenvalue weighted by molar-refractivity contribution is 6.36. The minimum atomic E-state index is -2.74. The lowest BCUT2D eigenvalue weighted by Crippen LogP contribution is -2.65. The molecule has 11 nitrogen and oxygen atoms in total. The van der Waals surface area contributed by atoms with Crippen molar-refractivity contribution < 1.29 is 39.6 Å². The number of phenols is 1. The number of nitrogens with one attached hydrogen (secondary N) is 1. The van der Waals surface area contributed by atoms with Gasteiger partial charge in [0.05, 0.1) is 16.6 Å². The summed E-state index contributed by atoms with van der Waals surface area (Å²) < 4.78 is 0. The van der Waals surface area contributed by atoms with E-state index in [1.807, 2.05) is 0 Å².